The summed E-state index contributed by atoms with van der Waals surface area (Å²) in [6.45, 7) is 1.64. The third-order valence-electron chi connectivity index (χ3n) is 4.63. The third-order valence-corrected chi connectivity index (χ3v) is 4.63. The molecule has 2 fully saturated rings. The minimum Gasteiger partial charge on any atom is -0.356 e. The fraction of sp³-hybridized carbons (Fsp3) is 0.929. The maximum absolute atomic E-state index is 11.8. The smallest absolute Gasteiger partial charge is 0.220 e. The van der Waals surface area contributed by atoms with E-state index >= 15 is 0 Å². The first-order valence-electron chi connectivity index (χ1n) is 7.26. The average molecular weight is 238 g/mol. The molecule has 17 heavy (non-hydrogen) atoms. The van der Waals surface area contributed by atoms with E-state index in [4.69, 9.17) is 5.73 Å². The van der Waals surface area contributed by atoms with Crippen molar-refractivity contribution in [3.63, 3.8) is 0 Å². The molecule has 0 aliphatic heterocycles. The highest BCUT2D eigenvalue weighted by atomic mass is 16.1. The van der Waals surface area contributed by atoms with Gasteiger partial charge < -0.3 is 11.1 Å². The highest BCUT2D eigenvalue weighted by Gasteiger charge is 2.26. The van der Waals surface area contributed by atoms with E-state index in [0.29, 0.717) is 17.8 Å². The average Bonchev–Trinajstić information content (AvgIpc) is 2.96. The van der Waals surface area contributed by atoms with Gasteiger partial charge in [-0.2, -0.15) is 0 Å². The predicted molar refractivity (Wildman–Crippen MR) is 69.5 cm³/mol. The summed E-state index contributed by atoms with van der Waals surface area (Å²) in [4.78, 5) is 11.8. The van der Waals surface area contributed by atoms with Crippen molar-refractivity contribution in [1.82, 2.24) is 5.32 Å². The second kappa shape index (κ2) is 6.39. The van der Waals surface area contributed by atoms with Crippen molar-refractivity contribution >= 4 is 5.91 Å². The number of hydrogen-bond acceptors (Lipinski definition) is 2. The summed E-state index contributed by atoms with van der Waals surface area (Å²) in [6.07, 6.45) is 9.66. The molecule has 0 aromatic carbocycles. The molecule has 0 spiro atoms. The van der Waals surface area contributed by atoms with Crippen LogP contribution in [-0.2, 0) is 4.79 Å². The van der Waals surface area contributed by atoms with Crippen LogP contribution in [0.3, 0.4) is 0 Å². The highest BCUT2D eigenvalue weighted by molar-refractivity contribution is 5.76. The van der Waals surface area contributed by atoms with Crippen molar-refractivity contribution in [3.05, 3.63) is 0 Å². The Balaban J connectivity index is 1.65. The summed E-state index contributed by atoms with van der Waals surface area (Å²) in [7, 11) is 0. The van der Waals surface area contributed by atoms with Crippen LogP contribution in [0, 0.1) is 17.8 Å². The molecule has 98 valence electrons. The number of hydrogen-bond donors (Lipinski definition) is 2. The highest BCUT2D eigenvalue weighted by Crippen LogP contribution is 2.30. The fourth-order valence-electron chi connectivity index (χ4n) is 3.49. The van der Waals surface area contributed by atoms with E-state index in [9.17, 15) is 4.79 Å². The van der Waals surface area contributed by atoms with Gasteiger partial charge in [0.1, 0.15) is 0 Å². The Morgan fingerprint density at radius 3 is 2.47 bits per heavy atom. The van der Waals surface area contributed by atoms with E-state index < -0.39 is 0 Å². The first-order chi connectivity index (χ1) is 8.29. The van der Waals surface area contributed by atoms with Gasteiger partial charge in [0.25, 0.3) is 0 Å². The molecule has 0 aromatic rings. The molecule has 0 heterocycles. The summed E-state index contributed by atoms with van der Waals surface area (Å²) in [6, 6.07) is 0. The number of amides is 1. The summed E-state index contributed by atoms with van der Waals surface area (Å²) in [5, 5.41) is 3.12. The lowest BCUT2D eigenvalue weighted by Gasteiger charge is -2.18. The van der Waals surface area contributed by atoms with Gasteiger partial charge in [-0.3, -0.25) is 4.79 Å². The first-order valence-corrected chi connectivity index (χ1v) is 7.26. The molecule has 0 bridgehead atoms. The van der Waals surface area contributed by atoms with Crippen LogP contribution in [0.25, 0.3) is 0 Å². The van der Waals surface area contributed by atoms with Crippen molar-refractivity contribution in [2.45, 2.75) is 51.4 Å². The fourth-order valence-corrected chi connectivity index (χ4v) is 3.49. The van der Waals surface area contributed by atoms with Crippen molar-refractivity contribution in [2.75, 3.05) is 13.1 Å². The topological polar surface area (TPSA) is 55.1 Å². The van der Waals surface area contributed by atoms with E-state index in [1.807, 2.05) is 0 Å². The molecule has 2 aliphatic rings. The van der Waals surface area contributed by atoms with Crippen molar-refractivity contribution in [2.24, 2.45) is 23.5 Å². The molecule has 0 aromatic heterocycles. The molecule has 3 nitrogen and oxygen atoms in total. The number of nitrogens with two attached hydrogens (primary N) is 1. The van der Waals surface area contributed by atoms with E-state index in [-0.39, 0.29) is 5.91 Å². The zero-order valence-electron chi connectivity index (χ0n) is 10.8. The van der Waals surface area contributed by atoms with Crippen molar-refractivity contribution in [1.29, 1.82) is 0 Å². The molecule has 0 radical (unpaired) electrons. The minimum atomic E-state index is 0.263. The van der Waals surface area contributed by atoms with Crippen LogP contribution in [0.1, 0.15) is 51.4 Å². The molecule has 0 saturated heterocycles. The number of nitrogens with one attached hydrogen (secondary N) is 1. The van der Waals surface area contributed by atoms with Crippen LogP contribution in [0.5, 0.6) is 0 Å². The van der Waals surface area contributed by atoms with Gasteiger partial charge in [0.2, 0.25) is 5.91 Å². The predicted octanol–water partition coefficient (Wildman–Crippen LogP) is 2.06. The zero-order valence-corrected chi connectivity index (χ0v) is 10.8. The lowest BCUT2D eigenvalue weighted by molar-refractivity contribution is -0.122. The quantitative estimate of drug-likeness (QED) is 0.770. The number of rotatable bonds is 5. The molecule has 2 atom stereocenters. The largest absolute Gasteiger partial charge is 0.356 e. The van der Waals surface area contributed by atoms with Gasteiger partial charge in [0.05, 0.1) is 0 Å². The Bertz CT molecular complexity index is 249. The van der Waals surface area contributed by atoms with Gasteiger partial charge in [-0.15, -0.1) is 0 Å². The Kier molecular flexibility index (Phi) is 4.84. The lowest BCUT2D eigenvalue weighted by atomic mass is 9.96. The molecule has 2 unspecified atom stereocenters. The van der Waals surface area contributed by atoms with Crippen LogP contribution >= 0.6 is 0 Å². The minimum absolute atomic E-state index is 0.263. The summed E-state index contributed by atoms with van der Waals surface area (Å²) in [5.74, 6) is 2.19. The lowest BCUT2D eigenvalue weighted by Crippen LogP contribution is -2.33. The van der Waals surface area contributed by atoms with Gasteiger partial charge in [-0.05, 0) is 50.0 Å². The molecule has 2 saturated carbocycles. The van der Waals surface area contributed by atoms with Crippen LogP contribution in [0.2, 0.25) is 0 Å². The second-order valence-corrected chi connectivity index (χ2v) is 5.85. The standard InChI is InChI=1S/C14H26N2O/c15-9-12-6-3-7-13(12)10-16-14(17)8-11-4-1-2-5-11/h11-13H,1-10,15H2,(H,16,17). The zero-order chi connectivity index (χ0) is 12.1. The Hall–Kier alpha value is -0.570. The molecule has 2 aliphatic carbocycles. The molecule has 3 heteroatoms. The van der Waals surface area contributed by atoms with E-state index in [0.717, 1.165) is 19.5 Å². The van der Waals surface area contributed by atoms with Gasteiger partial charge in [0.15, 0.2) is 0 Å². The maximum atomic E-state index is 11.8. The summed E-state index contributed by atoms with van der Waals surface area (Å²) >= 11 is 0. The maximum Gasteiger partial charge on any atom is 0.220 e. The molecular formula is C14H26N2O. The van der Waals surface area contributed by atoms with Crippen LogP contribution in [0.4, 0.5) is 0 Å². The normalized spacial score (nSPS) is 29.7. The van der Waals surface area contributed by atoms with Crippen LogP contribution < -0.4 is 11.1 Å². The molecule has 2 rings (SSSR count). The number of carbonyl (C=O) groups excluding carboxylic acids is 1. The first kappa shape index (κ1) is 12.9. The van der Waals surface area contributed by atoms with Gasteiger partial charge in [-0.1, -0.05) is 19.3 Å². The van der Waals surface area contributed by atoms with Gasteiger partial charge in [-0.25, -0.2) is 0 Å². The molecule has 1 amide bonds. The monoisotopic (exact) mass is 238 g/mol. The van der Waals surface area contributed by atoms with Crippen LogP contribution in [0.15, 0.2) is 0 Å². The van der Waals surface area contributed by atoms with Gasteiger partial charge >= 0.3 is 0 Å². The van der Waals surface area contributed by atoms with E-state index in [1.165, 1.54) is 44.9 Å². The SMILES string of the molecule is NCC1CCCC1CNC(=O)CC1CCCC1. The summed E-state index contributed by atoms with van der Waals surface area (Å²) in [5.41, 5.74) is 5.75. The molecular weight excluding hydrogens is 212 g/mol. The Morgan fingerprint density at radius 1 is 1.06 bits per heavy atom. The molecule has 3 N–H and O–H groups in total. The summed E-state index contributed by atoms with van der Waals surface area (Å²) < 4.78 is 0. The Morgan fingerprint density at radius 2 is 1.76 bits per heavy atom. The second-order valence-electron chi connectivity index (χ2n) is 5.85. The Labute approximate surface area is 105 Å². The third kappa shape index (κ3) is 3.70. The van der Waals surface area contributed by atoms with Crippen molar-refractivity contribution in [3.8, 4) is 0 Å². The number of carbonyl (C=O) groups is 1. The van der Waals surface area contributed by atoms with E-state index in [1.54, 1.807) is 0 Å². The van der Waals surface area contributed by atoms with Crippen LogP contribution in [-0.4, -0.2) is 19.0 Å². The van der Waals surface area contributed by atoms with E-state index in [2.05, 4.69) is 5.32 Å². The van der Waals surface area contributed by atoms with Crippen molar-refractivity contribution < 1.29 is 4.79 Å². The van der Waals surface area contributed by atoms with Gasteiger partial charge in [0, 0.05) is 13.0 Å².